The van der Waals surface area contributed by atoms with Gasteiger partial charge in [0.2, 0.25) is 0 Å². The van der Waals surface area contributed by atoms with Gasteiger partial charge in [-0.2, -0.15) is 0 Å². The Morgan fingerprint density at radius 2 is 2.31 bits per heavy atom. The van der Waals surface area contributed by atoms with Crippen LogP contribution in [-0.4, -0.2) is 4.98 Å². The van der Waals surface area contributed by atoms with E-state index in [-0.39, 0.29) is 0 Å². The number of nitrogen functional groups attached to an aromatic ring is 1. The Bertz CT molecular complexity index is 463. The predicted octanol–water partition coefficient (Wildman–Crippen LogP) is 3.12. The smallest absolute Gasteiger partial charge is 0.133 e. The Kier molecular flexibility index (Phi) is 3.31. The van der Waals surface area contributed by atoms with Gasteiger partial charge < -0.3 is 11.1 Å². The van der Waals surface area contributed by atoms with E-state index in [1.54, 1.807) is 17.8 Å². The summed E-state index contributed by atoms with van der Waals surface area (Å²) in [6.45, 7) is 3.76. The van der Waals surface area contributed by atoms with Gasteiger partial charge in [0.05, 0.1) is 5.03 Å². The zero-order chi connectivity index (χ0) is 11.4. The average molecular weight is 231 g/mol. The van der Waals surface area contributed by atoms with E-state index in [0.29, 0.717) is 5.82 Å². The van der Waals surface area contributed by atoms with E-state index in [0.717, 1.165) is 22.2 Å². The molecule has 4 heteroatoms. The number of hydrogen-bond acceptors (Lipinski definition) is 4. The van der Waals surface area contributed by atoms with Crippen LogP contribution in [0.1, 0.15) is 6.42 Å². The van der Waals surface area contributed by atoms with Crippen molar-refractivity contribution in [3.63, 3.8) is 0 Å². The van der Waals surface area contributed by atoms with Gasteiger partial charge in [0.1, 0.15) is 11.6 Å². The first-order valence-corrected chi connectivity index (χ1v) is 5.80. The second-order valence-corrected chi connectivity index (χ2v) is 4.40. The first-order chi connectivity index (χ1) is 7.78. The van der Waals surface area contributed by atoms with Crippen LogP contribution in [0.25, 0.3) is 0 Å². The fourth-order valence-corrected chi connectivity index (χ4v) is 2.19. The third kappa shape index (κ3) is 2.67. The number of anilines is 2. The summed E-state index contributed by atoms with van der Waals surface area (Å²) >= 11 is 1.64. The molecule has 2 rings (SSSR count). The molecule has 0 spiro atoms. The summed E-state index contributed by atoms with van der Waals surface area (Å²) in [7, 11) is 0. The van der Waals surface area contributed by atoms with Gasteiger partial charge in [-0.05, 0) is 18.6 Å². The first kappa shape index (κ1) is 10.8. The van der Waals surface area contributed by atoms with Gasteiger partial charge in [0, 0.05) is 4.91 Å². The molecule has 0 atom stereocenters. The molecule has 3 N–H and O–H groups in total. The molecule has 0 bridgehead atoms. The Hall–Kier alpha value is -1.68. The molecule has 0 saturated heterocycles. The van der Waals surface area contributed by atoms with Crippen LogP contribution in [0.5, 0.6) is 0 Å². The van der Waals surface area contributed by atoms with Gasteiger partial charge in [-0.3, -0.25) is 0 Å². The molecule has 1 aliphatic heterocycles. The molecular weight excluding hydrogens is 218 g/mol. The van der Waals surface area contributed by atoms with Crippen molar-refractivity contribution in [1.82, 2.24) is 4.98 Å². The minimum absolute atomic E-state index is 0.519. The van der Waals surface area contributed by atoms with Crippen LogP contribution in [0.3, 0.4) is 0 Å². The monoisotopic (exact) mass is 231 g/mol. The summed E-state index contributed by atoms with van der Waals surface area (Å²) in [5.41, 5.74) is 5.61. The highest BCUT2D eigenvalue weighted by atomic mass is 32.2. The number of nitrogens with one attached hydrogen (secondary N) is 1. The molecule has 0 saturated carbocycles. The van der Waals surface area contributed by atoms with Crippen molar-refractivity contribution < 1.29 is 0 Å². The normalized spacial score (nSPS) is 15.0. The number of hydrogen-bond donors (Lipinski definition) is 2. The lowest BCUT2D eigenvalue weighted by Gasteiger charge is -2.13. The summed E-state index contributed by atoms with van der Waals surface area (Å²) in [5.74, 6) is 1.29. The van der Waals surface area contributed by atoms with Gasteiger partial charge in [-0.1, -0.05) is 42.6 Å². The fraction of sp³-hybridized carbons (Fsp3) is 0.0833. The summed E-state index contributed by atoms with van der Waals surface area (Å²) in [4.78, 5) is 5.35. The Balaban J connectivity index is 2.06. The fourth-order valence-electron chi connectivity index (χ4n) is 1.34. The van der Waals surface area contributed by atoms with Crippen LogP contribution >= 0.6 is 11.8 Å². The van der Waals surface area contributed by atoms with Crippen LogP contribution in [0, 0.1) is 0 Å². The minimum Gasteiger partial charge on any atom is -0.384 e. The molecule has 0 aromatic carbocycles. The van der Waals surface area contributed by atoms with Gasteiger partial charge in [-0.25, -0.2) is 4.98 Å². The molecule has 16 heavy (non-hydrogen) atoms. The topological polar surface area (TPSA) is 50.9 Å². The van der Waals surface area contributed by atoms with E-state index >= 15 is 0 Å². The molecule has 0 fully saturated rings. The second-order valence-electron chi connectivity index (χ2n) is 3.29. The lowest BCUT2D eigenvalue weighted by atomic mass is 10.3. The maximum atomic E-state index is 5.61. The van der Waals surface area contributed by atoms with Crippen molar-refractivity contribution >= 4 is 23.4 Å². The SMILES string of the molecule is C=CC1=CCC=C(Nc2cccc(N)n2)S1. The molecule has 82 valence electrons. The van der Waals surface area contributed by atoms with Crippen LogP contribution < -0.4 is 11.1 Å². The third-order valence-corrected chi connectivity index (χ3v) is 3.13. The van der Waals surface area contributed by atoms with Crippen LogP contribution in [0.15, 0.2) is 52.9 Å². The van der Waals surface area contributed by atoms with Gasteiger partial charge in [-0.15, -0.1) is 0 Å². The molecule has 2 heterocycles. The molecule has 1 aromatic heterocycles. The van der Waals surface area contributed by atoms with Crippen molar-refractivity contribution in [2.24, 2.45) is 0 Å². The summed E-state index contributed by atoms with van der Waals surface area (Å²) in [6.07, 6.45) is 7.02. The molecule has 0 aliphatic carbocycles. The highest BCUT2D eigenvalue weighted by Gasteiger charge is 2.06. The Morgan fingerprint density at radius 1 is 1.44 bits per heavy atom. The second kappa shape index (κ2) is 4.90. The highest BCUT2D eigenvalue weighted by Crippen LogP contribution is 2.31. The van der Waals surface area contributed by atoms with E-state index in [9.17, 15) is 0 Å². The lowest BCUT2D eigenvalue weighted by molar-refractivity contribution is 1.28. The van der Waals surface area contributed by atoms with E-state index < -0.39 is 0 Å². The van der Waals surface area contributed by atoms with Crippen LogP contribution in [0.4, 0.5) is 11.6 Å². The third-order valence-electron chi connectivity index (χ3n) is 2.07. The van der Waals surface area contributed by atoms with Crippen molar-refractivity contribution in [1.29, 1.82) is 0 Å². The molecule has 0 unspecified atom stereocenters. The number of pyridine rings is 1. The number of rotatable bonds is 3. The quantitative estimate of drug-likeness (QED) is 0.839. The van der Waals surface area contributed by atoms with Crippen LogP contribution in [-0.2, 0) is 0 Å². The van der Waals surface area contributed by atoms with E-state index in [4.69, 9.17) is 5.73 Å². The van der Waals surface area contributed by atoms with Gasteiger partial charge in [0.25, 0.3) is 0 Å². The molecule has 1 aliphatic rings. The number of nitrogens with two attached hydrogens (primary N) is 1. The summed E-state index contributed by atoms with van der Waals surface area (Å²) < 4.78 is 0. The Morgan fingerprint density at radius 3 is 3.06 bits per heavy atom. The summed E-state index contributed by atoms with van der Waals surface area (Å²) in [5, 5.41) is 4.30. The molecule has 1 aromatic rings. The van der Waals surface area contributed by atoms with E-state index in [1.807, 2.05) is 18.2 Å². The largest absolute Gasteiger partial charge is 0.384 e. The van der Waals surface area contributed by atoms with Crippen molar-refractivity contribution in [3.05, 3.63) is 52.9 Å². The molecule has 0 amide bonds. The first-order valence-electron chi connectivity index (χ1n) is 4.98. The van der Waals surface area contributed by atoms with Crippen molar-refractivity contribution in [2.45, 2.75) is 6.42 Å². The van der Waals surface area contributed by atoms with E-state index in [2.05, 4.69) is 29.0 Å². The maximum absolute atomic E-state index is 5.61. The average Bonchev–Trinajstić information content (AvgIpc) is 2.29. The van der Waals surface area contributed by atoms with Gasteiger partial charge >= 0.3 is 0 Å². The lowest BCUT2D eigenvalue weighted by Crippen LogP contribution is -2.01. The number of aromatic nitrogens is 1. The van der Waals surface area contributed by atoms with E-state index in [1.165, 1.54) is 0 Å². The predicted molar refractivity (Wildman–Crippen MR) is 70.8 cm³/mol. The van der Waals surface area contributed by atoms with Crippen molar-refractivity contribution in [3.8, 4) is 0 Å². The highest BCUT2D eigenvalue weighted by molar-refractivity contribution is 8.07. The summed E-state index contributed by atoms with van der Waals surface area (Å²) in [6, 6.07) is 5.54. The zero-order valence-electron chi connectivity index (χ0n) is 8.81. The Labute approximate surface area is 99.1 Å². The maximum Gasteiger partial charge on any atom is 0.133 e. The number of allylic oxidation sites excluding steroid dienone is 3. The number of thioether (sulfide) groups is 1. The van der Waals surface area contributed by atoms with Crippen molar-refractivity contribution in [2.75, 3.05) is 11.1 Å². The van der Waals surface area contributed by atoms with Crippen LogP contribution in [0.2, 0.25) is 0 Å². The molecule has 0 radical (unpaired) electrons. The zero-order valence-corrected chi connectivity index (χ0v) is 9.63. The number of nitrogens with zero attached hydrogens (tertiary/aromatic N) is 1. The molecular formula is C12H13N3S. The standard InChI is InChI=1S/C12H13N3S/c1-2-9-5-3-8-12(16-9)15-11-7-4-6-10(13)14-11/h2,4-8H,1,3H2,(H3,13,14,15). The molecule has 3 nitrogen and oxygen atoms in total. The minimum atomic E-state index is 0.519. The van der Waals surface area contributed by atoms with Gasteiger partial charge in [0.15, 0.2) is 0 Å².